The molecule has 2 aliphatic rings. The molecule has 0 radical (unpaired) electrons. The second kappa shape index (κ2) is 6.96. The summed E-state index contributed by atoms with van der Waals surface area (Å²) in [6.45, 7) is 2.89. The Morgan fingerprint density at radius 1 is 1.25 bits per heavy atom. The number of ether oxygens (including phenoxy) is 1. The van der Waals surface area contributed by atoms with Crippen molar-refractivity contribution in [1.82, 2.24) is 4.90 Å². The molecule has 2 aliphatic heterocycles. The van der Waals surface area contributed by atoms with Crippen LogP contribution in [0.4, 0.5) is 0 Å². The molecule has 4 rings (SSSR count). The van der Waals surface area contributed by atoms with E-state index >= 15 is 0 Å². The molecule has 0 bridgehead atoms. The molecule has 0 aliphatic carbocycles. The van der Waals surface area contributed by atoms with Crippen LogP contribution >= 0.6 is 11.6 Å². The summed E-state index contributed by atoms with van der Waals surface area (Å²) in [5, 5.41) is 9.59. The number of hydrogen-bond acceptors (Lipinski definition) is 4. The van der Waals surface area contributed by atoms with Gasteiger partial charge in [0.25, 0.3) is 5.91 Å². The van der Waals surface area contributed by atoms with E-state index in [0.29, 0.717) is 59.8 Å². The average molecular weight is 395 g/mol. The molecule has 0 N–H and O–H groups in total. The minimum absolute atomic E-state index is 0.0321. The first-order chi connectivity index (χ1) is 13.4. The number of hydrogen-bond donors (Lipinski definition) is 0. The molecular weight excluding hydrogens is 376 g/mol. The summed E-state index contributed by atoms with van der Waals surface area (Å²) in [6, 6.07) is 12.3. The number of carbonyl (C=O) groups excluding carboxylic acids is 2. The van der Waals surface area contributed by atoms with E-state index in [9.17, 15) is 9.59 Å². The maximum absolute atomic E-state index is 12.8. The average Bonchev–Trinajstić information content (AvgIpc) is 2.70. The summed E-state index contributed by atoms with van der Waals surface area (Å²) in [5.41, 5.74) is 1.80. The van der Waals surface area contributed by atoms with Crippen molar-refractivity contribution in [2.45, 2.75) is 31.8 Å². The molecule has 2 aromatic carbocycles. The maximum atomic E-state index is 12.8. The lowest BCUT2D eigenvalue weighted by Crippen LogP contribution is -2.52. The van der Waals surface area contributed by atoms with Gasteiger partial charge < -0.3 is 9.64 Å². The number of nitrogens with zero attached hydrogens (tertiary/aromatic N) is 2. The monoisotopic (exact) mass is 394 g/mol. The van der Waals surface area contributed by atoms with Crippen LogP contribution < -0.4 is 4.74 Å². The number of Topliss-reactive ketones (excluding diaryl/α,β-unsaturated/α-hetero) is 1. The van der Waals surface area contributed by atoms with Crippen molar-refractivity contribution in [1.29, 1.82) is 5.26 Å². The number of ketones is 1. The molecule has 1 amide bonds. The van der Waals surface area contributed by atoms with Gasteiger partial charge in [0.05, 0.1) is 23.6 Å². The van der Waals surface area contributed by atoms with Crippen LogP contribution in [0.1, 0.15) is 51.1 Å². The van der Waals surface area contributed by atoms with Gasteiger partial charge in [0.1, 0.15) is 11.4 Å². The highest BCUT2D eigenvalue weighted by molar-refractivity contribution is 6.31. The van der Waals surface area contributed by atoms with Gasteiger partial charge in [-0.25, -0.2) is 0 Å². The van der Waals surface area contributed by atoms with E-state index in [1.807, 2.05) is 13.0 Å². The standard InChI is InChI=1S/C22H19ClN2O3/c1-14-9-20-17(11-18(14)23)19(26)12-22(28-20)5-7-25(8-6-22)21(27)16-4-2-3-15(10-16)13-24/h2-4,9-11H,5-8,12H2,1H3. The number of carbonyl (C=O) groups is 2. The number of likely N-dealkylation sites (tertiary alicyclic amines) is 1. The molecular formula is C22H19ClN2O3. The van der Waals surface area contributed by atoms with E-state index in [1.165, 1.54) is 0 Å². The summed E-state index contributed by atoms with van der Waals surface area (Å²) < 4.78 is 6.28. The summed E-state index contributed by atoms with van der Waals surface area (Å²) in [6.07, 6.45) is 1.47. The van der Waals surface area contributed by atoms with Crippen molar-refractivity contribution in [2.75, 3.05) is 13.1 Å². The number of benzene rings is 2. The Morgan fingerprint density at radius 3 is 2.71 bits per heavy atom. The van der Waals surface area contributed by atoms with E-state index in [2.05, 4.69) is 6.07 Å². The summed E-state index contributed by atoms with van der Waals surface area (Å²) in [7, 11) is 0. The van der Waals surface area contributed by atoms with Crippen LogP contribution in [0, 0.1) is 18.3 Å². The third-order valence-electron chi connectivity index (χ3n) is 5.57. The van der Waals surface area contributed by atoms with Crippen LogP contribution in [0.25, 0.3) is 0 Å². The number of rotatable bonds is 1. The lowest BCUT2D eigenvalue weighted by Gasteiger charge is -2.44. The molecule has 28 heavy (non-hydrogen) atoms. The van der Waals surface area contributed by atoms with E-state index in [0.717, 1.165) is 5.56 Å². The minimum atomic E-state index is -0.574. The van der Waals surface area contributed by atoms with Gasteiger partial charge in [-0.1, -0.05) is 17.7 Å². The number of nitriles is 1. The SMILES string of the molecule is Cc1cc2c(cc1Cl)C(=O)CC1(CCN(C(=O)c3cccc(C#N)c3)CC1)O2. The number of amides is 1. The highest BCUT2D eigenvalue weighted by Crippen LogP contribution is 2.41. The molecule has 2 aromatic rings. The fourth-order valence-corrected chi connectivity index (χ4v) is 4.08. The van der Waals surface area contributed by atoms with Gasteiger partial charge in [0.15, 0.2) is 5.78 Å². The predicted molar refractivity (Wildman–Crippen MR) is 105 cm³/mol. The van der Waals surface area contributed by atoms with Crippen LogP contribution in [-0.4, -0.2) is 35.3 Å². The largest absolute Gasteiger partial charge is 0.486 e. The third-order valence-corrected chi connectivity index (χ3v) is 5.98. The first-order valence-electron chi connectivity index (χ1n) is 9.23. The number of halogens is 1. The van der Waals surface area contributed by atoms with Gasteiger partial charge >= 0.3 is 0 Å². The molecule has 1 spiro atoms. The molecule has 1 fully saturated rings. The van der Waals surface area contributed by atoms with E-state index in [-0.39, 0.29) is 11.7 Å². The van der Waals surface area contributed by atoms with Gasteiger partial charge in [0, 0.05) is 36.5 Å². The Morgan fingerprint density at radius 2 is 2.00 bits per heavy atom. The summed E-state index contributed by atoms with van der Waals surface area (Å²) in [5.74, 6) is 0.515. The first kappa shape index (κ1) is 18.5. The fourth-order valence-electron chi connectivity index (χ4n) is 3.92. The van der Waals surface area contributed by atoms with Crippen molar-refractivity contribution in [3.05, 3.63) is 63.7 Å². The first-order valence-corrected chi connectivity index (χ1v) is 9.60. The topological polar surface area (TPSA) is 70.4 Å². The Bertz CT molecular complexity index is 1020. The molecule has 6 heteroatoms. The molecule has 5 nitrogen and oxygen atoms in total. The summed E-state index contributed by atoms with van der Waals surface area (Å²) >= 11 is 6.15. The Kier molecular flexibility index (Phi) is 4.60. The molecule has 0 atom stereocenters. The Labute approximate surface area is 168 Å². The minimum Gasteiger partial charge on any atom is -0.486 e. The summed E-state index contributed by atoms with van der Waals surface area (Å²) in [4.78, 5) is 27.2. The van der Waals surface area contributed by atoms with Crippen LogP contribution in [0.5, 0.6) is 5.75 Å². The van der Waals surface area contributed by atoms with Crippen molar-refractivity contribution >= 4 is 23.3 Å². The molecule has 142 valence electrons. The van der Waals surface area contributed by atoms with Crippen LogP contribution in [0.3, 0.4) is 0 Å². The van der Waals surface area contributed by atoms with E-state index in [1.54, 1.807) is 35.2 Å². The van der Waals surface area contributed by atoms with Crippen molar-refractivity contribution in [2.24, 2.45) is 0 Å². The molecule has 1 saturated heterocycles. The lowest BCUT2D eigenvalue weighted by molar-refractivity contribution is -0.00573. The van der Waals surface area contributed by atoms with Crippen molar-refractivity contribution < 1.29 is 14.3 Å². The quantitative estimate of drug-likeness (QED) is 0.728. The lowest BCUT2D eigenvalue weighted by atomic mass is 9.82. The van der Waals surface area contributed by atoms with E-state index < -0.39 is 5.60 Å². The molecule has 0 aromatic heterocycles. The Hall–Kier alpha value is -2.84. The zero-order valence-corrected chi connectivity index (χ0v) is 16.3. The number of piperidine rings is 1. The second-order valence-electron chi connectivity index (χ2n) is 7.47. The van der Waals surface area contributed by atoms with Crippen LogP contribution in [-0.2, 0) is 0 Å². The number of aryl methyl sites for hydroxylation is 1. The van der Waals surface area contributed by atoms with Crippen molar-refractivity contribution in [3.8, 4) is 11.8 Å². The molecule has 2 heterocycles. The maximum Gasteiger partial charge on any atom is 0.253 e. The predicted octanol–water partition coefficient (Wildman–Crippen LogP) is 4.16. The third kappa shape index (κ3) is 3.25. The molecule has 0 unspecified atom stereocenters. The van der Waals surface area contributed by atoms with E-state index in [4.69, 9.17) is 21.6 Å². The van der Waals surface area contributed by atoms with Crippen LogP contribution in [0.2, 0.25) is 5.02 Å². The smallest absolute Gasteiger partial charge is 0.253 e. The zero-order chi connectivity index (χ0) is 19.9. The van der Waals surface area contributed by atoms with Gasteiger partial charge in [-0.05, 0) is 42.8 Å². The van der Waals surface area contributed by atoms with Gasteiger partial charge in [-0.15, -0.1) is 0 Å². The fraction of sp³-hybridized carbons (Fsp3) is 0.318. The number of fused-ring (bicyclic) bond motifs is 1. The highest BCUT2D eigenvalue weighted by Gasteiger charge is 2.44. The van der Waals surface area contributed by atoms with Gasteiger partial charge in [-0.3, -0.25) is 9.59 Å². The normalized spacial score (nSPS) is 17.6. The highest BCUT2D eigenvalue weighted by atomic mass is 35.5. The Balaban J connectivity index is 1.50. The van der Waals surface area contributed by atoms with Crippen LogP contribution in [0.15, 0.2) is 36.4 Å². The van der Waals surface area contributed by atoms with Crippen molar-refractivity contribution in [3.63, 3.8) is 0 Å². The second-order valence-corrected chi connectivity index (χ2v) is 7.87. The van der Waals surface area contributed by atoms with Gasteiger partial charge in [-0.2, -0.15) is 5.26 Å². The van der Waals surface area contributed by atoms with Gasteiger partial charge in [0.2, 0.25) is 0 Å². The molecule has 0 saturated carbocycles. The zero-order valence-electron chi connectivity index (χ0n) is 15.5.